The monoisotopic (exact) mass is 486 g/mol. The summed E-state index contributed by atoms with van der Waals surface area (Å²) in [6.45, 7) is 2.79. The van der Waals surface area contributed by atoms with E-state index in [2.05, 4.69) is 10.3 Å². The van der Waals surface area contributed by atoms with Crippen molar-refractivity contribution in [3.8, 4) is 11.5 Å². The number of aryl methyl sites for hydroxylation is 2. The molecular formula is C28H30N4O4. The molecule has 2 amide bonds. The van der Waals surface area contributed by atoms with Gasteiger partial charge < -0.3 is 24.6 Å². The van der Waals surface area contributed by atoms with Gasteiger partial charge in [0.2, 0.25) is 0 Å². The number of nitrogens with zero attached hydrogens (tertiary/aromatic N) is 3. The summed E-state index contributed by atoms with van der Waals surface area (Å²) in [7, 11) is 1.71. The number of ether oxygens (including phenoxy) is 1. The Morgan fingerprint density at radius 1 is 1.08 bits per heavy atom. The van der Waals surface area contributed by atoms with Crippen molar-refractivity contribution in [1.82, 2.24) is 14.5 Å². The lowest BCUT2D eigenvalue weighted by Crippen LogP contribution is -2.38. The molecule has 0 unspecified atom stereocenters. The molecular weight excluding hydrogens is 456 g/mol. The molecule has 0 spiro atoms. The van der Waals surface area contributed by atoms with E-state index in [0.29, 0.717) is 48.6 Å². The molecule has 3 aromatic carbocycles. The van der Waals surface area contributed by atoms with Gasteiger partial charge >= 0.3 is 6.03 Å². The highest BCUT2D eigenvalue weighted by Gasteiger charge is 2.19. The van der Waals surface area contributed by atoms with Crippen LogP contribution in [0.4, 0.5) is 10.5 Å². The minimum absolute atomic E-state index is 0.0557. The van der Waals surface area contributed by atoms with Crippen LogP contribution < -0.4 is 15.6 Å². The molecule has 8 nitrogen and oxygen atoms in total. The molecule has 0 saturated heterocycles. The number of anilines is 1. The minimum atomic E-state index is -0.352. The lowest BCUT2D eigenvalue weighted by Gasteiger charge is -2.24. The number of carbonyl (C=O) groups is 1. The van der Waals surface area contributed by atoms with Crippen molar-refractivity contribution in [1.29, 1.82) is 0 Å². The van der Waals surface area contributed by atoms with Crippen LogP contribution in [0.3, 0.4) is 0 Å². The smallest absolute Gasteiger partial charge is 0.322 e. The first-order valence-corrected chi connectivity index (χ1v) is 12.0. The van der Waals surface area contributed by atoms with Gasteiger partial charge in [-0.3, -0.25) is 4.79 Å². The van der Waals surface area contributed by atoms with Crippen molar-refractivity contribution in [2.45, 2.75) is 26.3 Å². The van der Waals surface area contributed by atoms with Gasteiger partial charge in [-0.05, 0) is 61.7 Å². The van der Waals surface area contributed by atoms with Gasteiger partial charge in [0, 0.05) is 13.6 Å². The Hall–Kier alpha value is -4.33. The predicted octanol–water partition coefficient (Wildman–Crippen LogP) is 4.70. The molecule has 0 saturated carbocycles. The number of phenols is 1. The van der Waals surface area contributed by atoms with Crippen molar-refractivity contribution in [2.24, 2.45) is 7.05 Å². The fraction of sp³-hybridized carbons (Fsp3) is 0.250. The van der Waals surface area contributed by atoms with E-state index >= 15 is 0 Å². The molecule has 0 aliphatic carbocycles. The molecule has 186 valence electrons. The zero-order chi connectivity index (χ0) is 25.5. The maximum absolute atomic E-state index is 13.4. The summed E-state index contributed by atoms with van der Waals surface area (Å²) in [4.78, 5) is 32.6. The molecule has 0 aliphatic rings. The first kappa shape index (κ1) is 24.8. The number of phenolic OH excluding ortho intramolecular Hbond substituents is 1. The average molecular weight is 487 g/mol. The summed E-state index contributed by atoms with van der Waals surface area (Å²) in [6.07, 6.45) is 1.30. The first-order valence-electron chi connectivity index (χ1n) is 12.0. The second kappa shape index (κ2) is 11.4. The Bertz CT molecular complexity index is 1420. The summed E-state index contributed by atoms with van der Waals surface area (Å²) < 4.78 is 7.21. The van der Waals surface area contributed by atoms with Gasteiger partial charge in [-0.1, -0.05) is 36.4 Å². The molecule has 36 heavy (non-hydrogen) atoms. The van der Waals surface area contributed by atoms with Crippen LogP contribution in [0, 0.1) is 0 Å². The van der Waals surface area contributed by atoms with Gasteiger partial charge in [0.15, 0.2) is 0 Å². The second-order valence-electron chi connectivity index (χ2n) is 8.47. The van der Waals surface area contributed by atoms with Crippen LogP contribution in [0.1, 0.15) is 24.6 Å². The van der Waals surface area contributed by atoms with E-state index in [4.69, 9.17) is 4.74 Å². The van der Waals surface area contributed by atoms with E-state index in [1.807, 2.05) is 49.4 Å². The van der Waals surface area contributed by atoms with Crippen LogP contribution in [0.25, 0.3) is 11.0 Å². The summed E-state index contributed by atoms with van der Waals surface area (Å²) in [6, 6.07) is 21.4. The number of aromatic nitrogens is 2. The number of hydrogen-bond acceptors (Lipinski definition) is 5. The largest absolute Gasteiger partial charge is 0.508 e. The maximum Gasteiger partial charge on any atom is 0.322 e. The number of nitrogens with one attached hydrogen (secondary N) is 1. The number of urea groups is 1. The van der Waals surface area contributed by atoms with Crippen molar-refractivity contribution < 1.29 is 14.6 Å². The average Bonchev–Trinajstić information content (AvgIpc) is 2.87. The van der Waals surface area contributed by atoms with Gasteiger partial charge in [0.05, 0.1) is 29.9 Å². The van der Waals surface area contributed by atoms with Crippen LogP contribution in [0.5, 0.6) is 11.5 Å². The molecule has 2 N–H and O–H groups in total. The minimum Gasteiger partial charge on any atom is -0.508 e. The number of amides is 2. The Balaban J connectivity index is 1.59. The zero-order valence-corrected chi connectivity index (χ0v) is 20.5. The SMILES string of the molecule is CCOc1ccccc1NC(=O)N(CCCc1cccc(O)c1)Cc1nc2ccccc2n(C)c1=O. The van der Waals surface area contributed by atoms with E-state index in [1.54, 1.807) is 46.8 Å². The number of hydrogen-bond donors (Lipinski definition) is 2. The van der Waals surface area contributed by atoms with E-state index in [9.17, 15) is 14.7 Å². The van der Waals surface area contributed by atoms with Crippen LogP contribution in [0.2, 0.25) is 0 Å². The van der Waals surface area contributed by atoms with Gasteiger partial charge in [0.1, 0.15) is 17.2 Å². The quantitative estimate of drug-likeness (QED) is 0.357. The van der Waals surface area contributed by atoms with Gasteiger partial charge in [0.25, 0.3) is 5.56 Å². The third kappa shape index (κ3) is 5.83. The zero-order valence-electron chi connectivity index (χ0n) is 20.5. The van der Waals surface area contributed by atoms with Gasteiger partial charge in [-0.25, -0.2) is 9.78 Å². The fourth-order valence-electron chi connectivity index (χ4n) is 4.11. The Kier molecular flexibility index (Phi) is 7.85. The molecule has 0 atom stereocenters. The van der Waals surface area contributed by atoms with E-state index in [-0.39, 0.29) is 23.9 Å². The maximum atomic E-state index is 13.4. The molecule has 0 bridgehead atoms. The number of para-hydroxylation sites is 4. The van der Waals surface area contributed by atoms with Crippen LogP contribution in [-0.4, -0.2) is 38.7 Å². The van der Waals surface area contributed by atoms with E-state index < -0.39 is 0 Å². The Morgan fingerprint density at radius 3 is 2.67 bits per heavy atom. The van der Waals surface area contributed by atoms with Crippen LogP contribution >= 0.6 is 0 Å². The van der Waals surface area contributed by atoms with E-state index in [0.717, 1.165) is 11.1 Å². The summed E-state index contributed by atoms with van der Waals surface area (Å²) in [5.74, 6) is 0.784. The third-order valence-electron chi connectivity index (χ3n) is 5.91. The number of carbonyl (C=O) groups excluding carboxylic acids is 1. The first-order chi connectivity index (χ1) is 17.5. The highest BCUT2D eigenvalue weighted by molar-refractivity contribution is 5.91. The molecule has 1 heterocycles. The van der Waals surface area contributed by atoms with Gasteiger partial charge in [-0.2, -0.15) is 0 Å². The highest BCUT2D eigenvalue weighted by atomic mass is 16.5. The van der Waals surface area contributed by atoms with Crippen molar-refractivity contribution >= 4 is 22.8 Å². The summed E-state index contributed by atoms with van der Waals surface area (Å²) in [5.41, 5.74) is 3.00. The topological polar surface area (TPSA) is 96.7 Å². The summed E-state index contributed by atoms with van der Waals surface area (Å²) >= 11 is 0. The van der Waals surface area contributed by atoms with Crippen LogP contribution in [-0.2, 0) is 20.0 Å². The standard InChI is InChI=1S/C28H30N4O4/c1-3-36-26-16-7-5-14-23(26)30-28(35)32(17-9-11-20-10-8-12-21(33)18-20)19-24-27(34)31(2)25-15-6-4-13-22(25)29-24/h4-8,10,12-16,18,33H,3,9,11,17,19H2,1-2H3,(H,30,35). The third-order valence-corrected chi connectivity index (χ3v) is 5.91. The molecule has 4 aromatic rings. The summed E-state index contributed by atoms with van der Waals surface area (Å²) in [5, 5.41) is 12.7. The van der Waals surface area contributed by atoms with Crippen molar-refractivity contribution in [3.63, 3.8) is 0 Å². The fourth-order valence-corrected chi connectivity index (χ4v) is 4.11. The molecule has 0 aliphatic heterocycles. The molecule has 0 fully saturated rings. The lowest BCUT2D eigenvalue weighted by molar-refractivity contribution is 0.207. The van der Waals surface area contributed by atoms with Crippen molar-refractivity contribution in [3.05, 3.63) is 94.4 Å². The number of benzene rings is 3. The number of fused-ring (bicyclic) bond motifs is 1. The van der Waals surface area contributed by atoms with Gasteiger partial charge in [-0.15, -0.1) is 0 Å². The van der Waals surface area contributed by atoms with Crippen molar-refractivity contribution in [2.75, 3.05) is 18.5 Å². The molecule has 1 aromatic heterocycles. The molecule has 8 heteroatoms. The Morgan fingerprint density at radius 2 is 1.86 bits per heavy atom. The molecule has 4 rings (SSSR count). The lowest BCUT2D eigenvalue weighted by atomic mass is 10.1. The number of aromatic hydroxyl groups is 1. The predicted molar refractivity (Wildman–Crippen MR) is 140 cm³/mol. The molecule has 0 radical (unpaired) electrons. The Labute approximate surface area is 209 Å². The highest BCUT2D eigenvalue weighted by Crippen LogP contribution is 2.24. The second-order valence-corrected chi connectivity index (χ2v) is 8.47. The number of rotatable bonds is 9. The van der Waals surface area contributed by atoms with Crippen LogP contribution in [0.15, 0.2) is 77.6 Å². The van der Waals surface area contributed by atoms with E-state index in [1.165, 1.54) is 0 Å². The normalized spacial score (nSPS) is 10.8.